The molecule has 0 saturated heterocycles. The molecule has 0 unspecified atom stereocenters. The lowest BCUT2D eigenvalue weighted by Gasteiger charge is -2.50. The summed E-state index contributed by atoms with van der Waals surface area (Å²) in [5, 5.41) is 20.3. The van der Waals surface area contributed by atoms with Gasteiger partial charge in [-0.05, 0) is 85.0 Å². The standard InChI is InChI=1S/C19H25FO2/c1-10-11-3-4-14-13(12(11)5-6-17(10)21)7-8-19(2)15(14)9-16(20)18(19)22/h5-6,13-16,18,21-22H,3-4,7-9H2,1-2H3/t13-,14-,15+,16-,18+,19+/m1/s1/i20-1. The first-order valence-electron chi connectivity index (χ1n) is 8.57. The first-order valence-corrected chi connectivity index (χ1v) is 8.57. The van der Waals surface area contributed by atoms with Crippen molar-refractivity contribution in [3.8, 4) is 5.75 Å². The van der Waals surface area contributed by atoms with Crippen molar-refractivity contribution in [2.24, 2.45) is 17.3 Å². The van der Waals surface area contributed by atoms with Gasteiger partial charge in [0, 0.05) is 0 Å². The summed E-state index contributed by atoms with van der Waals surface area (Å²) < 4.78 is 14.2. The summed E-state index contributed by atoms with van der Waals surface area (Å²) >= 11 is 0. The van der Waals surface area contributed by atoms with Crippen LogP contribution in [0, 0.1) is 24.2 Å². The Morgan fingerprint density at radius 1 is 1.27 bits per heavy atom. The molecule has 0 aromatic heterocycles. The molecule has 120 valence electrons. The Morgan fingerprint density at radius 2 is 2.05 bits per heavy atom. The summed E-state index contributed by atoms with van der Waals surface area (Å²) in [5.74, 6) is 1.63. The fourth-order valence-corrected chi connectivity index (χ4v) is 5.78. The van der Waals surface area contributed by atoms with Crippen LogP contribution in [0.3, 0.4) is 0 Å². The van der Waals surface area contributed by atoms with Gasteiger partial charge in [-0.25, -0.2) is 4.39 Å². The Hall–Kier alpha value is -1.09. The number of hydrogen-bond acceptors (Lipinski definition) is 2. The van der Waals surface area contributed by atoms with Crippen LogP contribution in [0.5, 0.6) is 5.75 Å². The van der Waals surface area contributed by atoms with E-state index in [1.165, 1.54) is 11.1 Å². The van der Waals surface area contributed by atoms with E-state index in [1.54, 1.807) is 0 Å². The van der Waals surface area contributed by atoms with Crippen LogP contribution in [0.1, 0.15) is 55.2 Å². The maximum Gasteiger partial charge on any atom is 0.127 e. The van der Waals surface area contributed by atoms with E-state index >= 15 is 0 Å². The lowest BCUT2D eigenvalue weighted by Crippen LogP contribution is -2.44. The van der Waals surface area contributed by atoms with Gasteiger partial charge in [-0.2, -0.15) is 0 Å². The number of aliphatic hydroxyl groups is 1. The van der Waals surface area contributed by atoms with Crippen LogP contribution < -0.4 is 0 Å². The van der Waals surface area contributed by atoms with Crippen LogP contribution in [0.25, 0.3) is 0 Å². The number of aromatic hydroxyl groups is 1. The quantitative estimate of drug-likeness (QED) is 0.764. The third-order valence-corrected chi connectivity index (χ3v) is 7.11. The van der Waals surface area contributed by atoms with E-state index in [4.69, 9.17) is 0 Å². The van der Waals surface area contributed by atoms with Crippen molar-refractivity contribution in [3.63, 3.8) is 0 Å². The number of rotatable bonds is 0. The molecule has 0 radical (unpaired) electrons. The Labute approximate surface area is 131 Å². The molecular formula is C19H25FO2. The first kappa shape index (κ1) is 14.5. The number of benzene rings is 1. The second kappa shape index (κ2) is 4.70. The molecule has 0 amide bonds. The Kier molecular flexibility index (Phi) is 3.10. The highest BCUT2D eigenvalue weighted by Gasteiger charge is 2.58. The fraction of sp³-hybridized carbons (Fsp3) is 0.684. The predicted molar refractivity (Wildman–Crippen MR) is 83.7 cm³/mol. The molecule has 0 bridgehead atoms. The molecule has 2 nitrogen and oxygen atoms in total. The molecule has 2 N–H and O–H groups in total. The monoisotopic (exact) mass is 303 g/mol. The average Bonchev–Trinajstić information content (AvgIpc) is 2.74. The van der Waals surface area contributed by atoms with Crippen LogP contribution >= 0.6 is 0 Å². The van der Waals surface area contributed by atoms with Crippen molar-refractivity contribution in [3.05, 3.63) is 28.8 Å². The van der Waals surface area contributed by atoms with Crippen LogP contribution in [0.2, 0.25) is 0 Å². The van der Waals surface area contributed by atoms with Gasteiger partial charge in [0.15, 0.2) is 0 Å². The number of fused-ring (bicyclic) bond motifs is 5. The zero-order valence-electron chi connectivity index (χ0n) is 13.3. The topological polar surface area (TPSA) is 40.5 Å². The van der Waals surface area contributed by atoms with E-state index in [0.29, 0.717) is 29.9 Å². The molecule has 2 fully saturated rings. The van der Waals surface area contributed by atoms with Crippen molar-refractivity contribution in [1.82, 2.24) is 0 Å². The SMILES string of the molecule is Cc1c(O)ccc2c1CC[C@@H]1[C@@H]2CC[C@]2(C)[C@@H](O)[C@H]([18F])C[C@@H]12. The highest BCUT2D eigenvalue weighted by atomic mass is 18.2. The normalized spacial score (nSPS) is 43.4. The Balaban J connectivity index is 1.73. The number of halogens is 1. The molecule has 3 aliphatic carbocycles. The Bertz CT molecular complexity index is 614. The number of phenolic OH excluding ortho intramolecular Hbond substituents is 1. The minimum Gasteiger partial charge on any atom is -0.508 e. The highest BCUT2D eigenvalue weighted by molar-refractivity contribution is 5.47. The molecule has 0 spiro atoms. The lowest BCUT2D eigenvalue weighted by molar-refractivity contribution is -0.0365. The molecule has 22 heavy (non-hydrogen) atoms. The molecule has 2 saturated carbocycles. The molecule has 6 atom stereocenters. The first-order chi connectivity index (χ1) is 10.4. The summed E-state index contributed by atoms with van der Waals surface area (Å²) in [4.78, 5) is 0. The van der Waals surface area contributed by atoms with Crippen LogP contribution in [-0.2, 0) is 6.42 Å². The zero-order chi connectivity index (χ0) is 15.6. The van der Waals surface area contributed by atoms with Gasteiger partial charge in [-0.3, -0.25) is 0 Å². The maximum absolute atomic E-state index is 14.2. The molecule has 0 aliphatic heterocycles. The smallest absolute Gasteiger partial charge is 0.127 e. The van der Waals surface area contributed by atoms with Crippen LogP contribution in [-0.4, -0.2) is 22.5 Å². The third-order valence-electron chi connectivity index (χ3n) is 7.11. The zero-order valence-corrected chi connectivity index (χ0v) is 13.3. The van der Waals surface area contributed by atoms with Crippen molar-refractivity contribution >= 4 is 0 Å². The van der Waals surface area contributed by atoms with Gasteiger partial charge in [0.1, 0.15) is 11.9 Å². The van der Waals surface area contributed by atoms with Crippen molar-refractivity contribution in [2.45, 2.75) is 64.1 Å². The second-order valence-electron chi connectivity index (χ2n) is 7.93. The van der Waals surface area contributed by atoms with Gasteiger partial charge < -0.3 is 10.2 Å². The summed E-state index contributed by atoms with van der Waals surface area (Å²) in [6.07, 6.45) is 2.62. The van der Waals surface area contributed by atoms with Crippen molar-refractivity contribution < 1.29 is 14.6 Å². The fourth-order valence-electron chi connectivity index (χ4n) is 5.78. The van der Waals surface area contributed by atoms with Crippen LogP contribution in [0.4, 0.5) is 4.39 Å². The number of alkyl halides is 1. The molecule has 0 heterocycles. The number of aliphatic hydroxyl groups excluding tert-OH is 1. The predicted octanol–water partition coefficient (Wildman–Crippen LogP) is 3.87. The van der Waals surface area contributed by atoms with E-state index in [9.17, 15) is 14.6 Å². The number of hydrogen-bond donors (Lipinski definition) is 2. The van der Waals surface area contributed by atoms with Gasteiger partial charge in [-0.15, -0.1) is 0 Å². The van der Waals surface area contributed by atoms with Gasteiger partial charge in [-0.1, -0.05) is 13.0 Å². The van der Waals surface area contributed by atoms with Gasteiger partial charge >= 0.3 is 0 Å². The largest absolute Gasteiger partial charge is 0.508 e. The second-order valence-corrected chi connectivity index (χ2v) is 7.93. The van der Waals surface area contributed by atoms with E-state index < -0.39 is 12.3 Å². The number of phenols is 1. The summed E-state index contributed by atoms with van der Waals surface area (Å²) in [6, 6.07) is 3.89. The minimum atomic E-state index is -1.06. The van der Waals surface area contributed by atoms with E-state index in [0.717, 1.165) is 31.2 Å². The van der Waals surface area contributed by atoms with Gasteiger partial charge in [0.2, 0.25) is 0 Å². The summed E-state index contributed by atoms with van der Waals surface area (Å²) in [7, 11) is 0. The molecule has 1 aromatic carbocycles. The molecule has 1 aromatic rings. The van der Waals surface area contributed by atoms with Crippen LogP contribution in [0.15, 0.2) is 12.1 Å². The van der Waals surface area contributed by atoms with Gasteiger partial charge in [0.25, 0.3) is 0 Å². The third kappa shape index (κ3) is 1.75. The van der Waals surface area contributed by atoms with Crippen molar-refractivity contribution in [1.29, 1.82) is 0 Å². The summed E-state index contributed by atoms with van der Waals surface area (Å²) in [6.45, 7) is 4.09. The van der Waals surface area contributed by atoms with E-state index in [1.807, 2.05) is 13.0 Å². The van der Waals surface area contributed by atoms with Gasteiger partial charge in [0.05, 0.1) is 6.10 Å². The maximum atomic E-state index is 14.2. The lowest BCUT2D eigenvalue weighted by atomic mass is 9.55. The molecular weight excluding hydrogens is 278 g/mol. The summed E-state index contributed by atoms with van der Waals surface area (Å²) in [5.41, 5.74) is 3.44. The Morgan fingerprint density at radius 3 is 2.82 bits per heavy atom. The van der Waals surface area contributed by atoms with Crippen molar-refractivity contribution in [2.75, 3.05) is 0 Å². The van der Waals surface area contributed by atoms with E-state index in [-0.39, 0.29) is 5.41 Å². The average molecular weight is 303 g/mol. The van der Waals surface area contributed by atoms with E-state index in [2.05, 4.69) is 13.0 Å². The highest BCUT2D eigenvalue weighted by Crippen LogP contribution is 2.61. The molecule has 3 heteroatoms. The minimum absolute atomic E-state index is 0.246. The molecule has 3 aliphatic rings. The molecule has 4 rings (SSSR count).